The second kappa shape index (κ2) is 17.7. The van der Waals surface area contributed by atoms with E-state index in [0.717, 1.165) is 12.8 Å². The van der Waals surface area contributed by atoms with Crippen LogP contribution in [0.25, 0.3) is 6.08 Å². The Morgan fingerprint density at radius 2 is 1.50 bits per heavy atom. The van der Waals surface area contributed by atoms with Crippen molar-refractivity contribution in [3.05, 3.63) is 62.0 Å². The lowest BCUT2D eigenvalue weighted by atomic mass is 10.0. The number of thioether (sulfide) groups is 1. The minimum atomic E-state index is -0.320. The van der Waals surface area contributed by atoms with E-state index in [1.165, 1.54) is 69.2 Å². The molecule has 4 rings (SSSR count). The van der Waals surface area contributed by atoms with Crippen LogP contribution in [0.5, 0.6) is 0 Å². The van der Waals surface area contributed by atoms with Gasteiger partial charge in [-0.2, -0.15) is 5.26 Å². The lowest BCUT2D eigenvalue weighted by Crippen LogP contribution is -2.49. The van der Waals surface area contributed by atoms with Gasteiger partial charge in [-0.05, 0) is 43.5 Å². The van der Waals surface area contributed by atoms with Crippen LogP contribution in [0.4, 0.5) is 15.9 Å². The van der Waals surface area contributed by atoms with Crippen molar-refractivity contribution in [2.45, 2.75) is 97.9 Å². The molecule has 46 heavy (non-hydrogen) atoms. The Bertz CT molecular complexity index is 1510. The van der Waals surface area contributed by atoms with Gasteiger partial charge in [-0.25, -0.2) is 4.39 Å². The number of nitrogens with zero attached hydrogens (tertiary/aromatic N) is 5. The summed E-state index contributed by atoms with van der Waals surface area (Å²) in [4.78, 5) is 33.6. The number of hydrogen-bond donors (Lipinski definition) is 0. The van der Waals surface area contributed by atoms with E-state index >= 15 is 0 Å². The van der Waals surface area contributed by atoms with E-state index in [4.69, 9.17) is 12.2 Å². The van der Waals surface area contributed by atoms with E-state index in [2.05, 4.69) is 17.9 Å². The smallest absolute Gasteiger partial charge is 0.270 e. The number of anilines is 2. The summed E-state index contributed by atoms with van der Waals surface area (Å²) in [7, 11) is 0. The predicted molar refractivity (Wildman–Crippen MR) is 193 cm³/mol. The van der Waals surface area contributed by atoms with Gasteiger partial charge in [0.2, 0.25) is 0 Å². The molecule has 2 fully saturated rings. The van der Waals surface area contributed by atoms with Crippen LogP contribution in [0.2, 0.25) is 0 Å². The van der Waals surface area contributed by atoms with Crippen molar-refractivity contribution in [3.63, 3.8) is 0 Å². The van der Waals surface area contributed by atoms with Crippen molar-refractivity contribution in [2.75, 3.05) is 42.5 Å². The molecule has 10 heteroatoms. The van der Waals surface area contributed by atoms with Crippen molar-refractivity contribution in [1.29, 1.82) is 5.26 Å². The number of pyridine rings is 1. The number of piperazine rings is 1. The standard InChI is InChI=1S/C36H48FN5O2S2/c1-4-6-7-8-9-10-11-12-13-16-20-42-35(44)32(46-36(42)45)25-28-27(3)29(26-38)34(43)41(19-5-2)33(28)40-23-21-39(22-24-40)31-18-15-14-17-30(31)37/h14-15,17-18,25H,4-13,16,19-24H2,1-3H3/b32-25-. The number of thiocarbonyl (C=S) groups is 1. The highest BCUT2D eigenvalue weighted by Gasteiger charge is 2.33. The highest BCUT2D eigenvalue weighted by atomic mass is 32.2. The Kier molecular flexibility index (Phi) is 13.7. The Labute approximate surface area is 283 Å². The van der Waals surface area contributed by atoms with Crippen molar-refractivity contribution < 1.29 is 9.18 Å². The van der Waals surface area contributed by atoms with Crippen LogP contribution < -0.4 is 15.4 Å². The van der Waals surface area contributed by atoms with Gasteiger partial charge >= 0.3 is 0 Å². The zero-order valence-corrected chi connectivity index (χ0v) is 29.3. The molecule has 0 unspecified atom stereocenters. The summed E-state index contributed by atoms with van der Waals surface area (Å²) in [6.45, 7) is 9.32. The summed E-state index contributed by atoms with van der Waals surface area (Å²) >= 11 is 6.94. The normalized spacial score (nSPS) is 16.2. The zero-order chi connectivity index (χ0) is 33.1. The summed E-state index contributed by atoms with van der Waals surface area (Å²) < 4.78 is 16.8. The molecule has 0 atom stereocenters. The first-order chi connectivity index (χ1) is 22.3. The number of para-hydroxylation sites is 1. The fraction of sp³-hybridized carbons (Fsp3) is 0.556. The summed E-state index contributed by atoms with van der Waals surface area (Å²) in [6.07, 6.45) is 14.8. The molecule has 0 radical (unpaired) electrons. The summed E-state index contributed by atoms with van der Waals surface area (Å²) in [5.74, 6) is 0.331. The van der Waals surface area contributed by atoms with E-state index in [1.54, 1.807) is 28.5 Å². The molecule has 2 aliphatic rings. The first-order valence-corrected chi connectivity index (χ1v) is 18.2. The molecule has 1 amide bonds. The van der Waals surface area contributed by atoms with Gasteiger partial charge in [0.25, 0.3) is 11.5 Å². The molecule has 0 N–H and O–H groups in total. The minimum Gasteiger partial charge on any atom is -0.366 e. The maximum Gasteiger partial charge on any atom is 0.270 e. The fourth-order valence-corrected chi connectivity index (χ4v) is 7.65. The third-order valence-corrected chi connectivity index (χ3v) is 10.3. The van der Waals surface area contributed by atoms with Gasteiger partial charge in [-0.3, -0.25) is 19.1 Å². The first-order valence-electron chi connectivity index (χ1n) is 17.0. The second-order valence-corrected chi connectivity index (χ2v) is 13.9. The number of aromatic nitrogens is 1. The number of halogens is 1. The van der Waals surface area contributed by atoms with E-state index in [-0.39, 0.29) is 22.8 Å². The molecule has 2 saturated heterocycles. The molecular weight excluding hydrogens is 618 g/mol. The van der Waals surface area contributed by atoms with Crippen LogP contribution in [0.3, 0.4) is 0 Å². The third kappa shape index (κ3) is 8.60. The minimum absolute atomic E-state index is 0.0919. The van der Waals surface area contributed by atoms with Gasteiger partial charge in [-0.15, -0.1) is 0 Å². The number of hydrogen-bond acceptors (Lipinski definition) is 7. The number of rotatable bonds is 16. The number of nitriles is 1. The van der Waals surface area contributed by atoms with Gasteiger partial charge in [0.15, 0.2) is 0 Å². The molecular formula is C36H48FN5O2S2. The van der Waals surface area contributed by atoms with Crippen molar-refractivity contribution in [3.8, 4) is 6.07 Å². The van der Waals surface area contributed by atoms with Crippen LogP contribution in [0, 0.1) is 24.1 Å². The Morgan fingerprint density at radius 3 is 2.11 bits per heavy atom. The lowest BCUT2D eigenvalue weighted by molar-refractivity contribution is -0.122. The molecule has 2 aliphatic heterocycles. The largest absolute Gasteiger partial charge is 0.366 e. The fourth-order valence-electron chi connectivity index (χ4n) is 6.36. The third-order valence-electron chi connectivity index (χ3n) is 8.95. The van der Waals surface area contributed by atoms with Gasteiger partial charge < -0.3 is 9.80 Å². The molecule has 0 spiro atoms. The first kappa shape index (κ1) is 35.7. The van der Waals surface area contributed by atoms with Crippen molar-refractivity contribution >= 4 is 51.8 Å². The van der Waals surface area contributed by atoms with Gasteiger partial charge in [0, 0.05) is 44.8 Å². The average molecular weight is 666 g/mol. The molecule has 1 aromatic heterocycles. The summed E-state index contributed by atoms with van der Waals surface area (Å²) in [5.41, 5.74) is 1.60. The quantitative estimate of drug-likeness (QED) is 0.102. The van der Waals surface area contributed by atoms with Crippen LogP contribution in [0.15, 0.2) is 34.0 Å². The summed E-state index contributed by atoms with van der Waals surface area (Å²) in [5, 5.41) is 9.98. The number of amides is 1. The molecule has 0 aliphatic carbocycles. The number of benzene rings is 1. The summed E-state index contributed by atoms with van der Waals surface area (Å²) in [6, 6.07) is 8.89. The predicted octanol–water partition coefficient (Wildman–Crippen LogP) is 8.03. The lowest BCUT2D eigenvalue weighted by Gasteiger charge is -2.39. The maximum atomic E-state index is 14.5. The second-order valence-electron chi connectivity index (χ2n) is 12.2. The molecule has 2 aromatic rings. The molecule has 248 valence electrons. The van der Waals surface area contributed by atoms with E-state index < -0.39 is 0 Å². The van der Waals surface area contributed by atoms with E-state index in [9.17, 15) is 19.2 Å². The molecule has 0 bridgehead atoms. The molecule has 3 heterocycles. The molecule has 7 nitrogen and oxygen atoms in total. The van der Waals surface area contributed by atoms with Crippen molar-refractivity contribution in [1.82, 2.24) is 9.47 Å². The van der Waals surface area contributed by atoms with Gasteiger partial charge in [0.1, 0.15) is 27.6 Å². The van der Waals surface area contributed by atoms with E-state index in [1.807, 2.05) is 24.0 Å². The van der Waals surface area contributed by atoms with Gasteiger partial charge in [0.05, 0.1) is 10.6 Å². The Hall–Kier alpha value is -3.16. The highest BCUT2D eigenvalue weighted by molar-refractivity contribution is 8.26. The highest BCUT2D eigenvalue weighted by Crippen LogP contribution is 2.36. The topological polar surface area (TPSA) is 72.6 Å². The molecule has 1 aromatic carbocycles. The van der Waals surface area contributed by atoms with E-state index in [0.29, 0.717) is 77.5 Å². The molecule has 0 saturated carbocycles. The van der Waals surface area contributed by atoms with Crippen LogP contribution in [0.1, 0.15) is 101 Å². The zero-order valence-electron chi connectivity index (χ0n) is 27.7. The van der Waals surface area contributed by atoms with Crippen LogP contribution in [-0.2, 0) is 11.3 Å². The van der Waals surface area contributed by atoms with Crippen LogP contribution in [-0.4, -0.2) is 52.4 Å². The number of carbonyl (C=O) groups is 1. The maximum absolute atomic E-state index is 14.5. The van der Waals surface area contributed by atoms with Gasteiger partial charge in [-0.1, -0.05) is 108 Å². The Morgan fingerprint density at radius 1 is 0.891 bits per heavy atom. The monoisotopic (exact) mass is 665 g/mol. The van der Waals surface area contributed by atoms with Crippen LogP contribution >= 0.6 is 24.0 Å². The Balaban J connectivity index is 1.51. The number of carbonyl (C=O) groups excluding carboxylic acids is 1. The van der Waals surface area contributed by atoms with Crippen molar-refractivity contribution in [2.24, 2.45) is 0 Å². The SMILES string of the molecule is CCCCCCCCCCCCN1C(=O)/C(=C/c2c(C)c(C#N)c(=O)n(CCC)c2N2CCN(c3ccccc3F)CC2)SC1=S. The average Bonchev–Trinajstić information content (AvgIpc) is 3.32. The number of unbranched alkanes of at least 4 members (excludes halogenated alkanes) is 9.